The molecular formula is C24H30N6O4. The van der Waals surface area contributed by atoms with Crippen LogP contribution in [0.3, 0.4) is 0 Å². The summed E-state index contributed by atoms with van der Waals surface area (Å²) in [6.45, 7) is 0.605. The molecule has 4 fully saturated rings. The number of carbonyl (C=O) groups excluding carboxylic acids is 2. The van der Waals surface area contributed by atoms with Crippen molar-refractivity contribution in [3.05, 3.63) is 18.5 Å². The minimum Gasteiger partial charge on any atom is -0.383 e. The number of fused-ring (bicyclic) bond motifs is 3. The molecule has 4 aliphatic carbocycles. The Morgan fingerprint density at radius 3 is 2.68 bits per heavy atom. The highest BCUT2D eigenvalue weighted by Crippen LogP contribution is 2.61. The highest BCUT2D eigenvalue weighted by atomic mass is 16.5. The van der Waals surface area contributed by atoms with Crippen LogP contribution in [0.15, 0.2) is 18.5 Å². The van der Waals surface area contributed by atoms with Gasteiger partial charge in [-0.25, -0.2) is 9.97 Å². The number of rotatable bonds is 6. The lowest BCUT2D eigenvalue weighted by atomic mass is 9.52. The summed E-state index contributed by atoms with van der Waals surface area (Å²) in [5.41, 5.74) is 1.65. The topological polar surface area (TPSA) is 123 Å². The molecule has 180 valence electrons. The molecule has 0 aromatic carbocycles. The SMILES string of the molecule is COCCNC(=O)C(=O)Nc1[nH]n(C2C3CC4CC2CC(OC)(C4)C3)c2c1cnc1nccc12. The van der Waals surface area contributed by atoms with Crippen LogP contribution < -0.4 is 10.6 Å². The first-order valence-electron chi connectivity index (χ1n) is 12.0. The van der Waals surface area contributed by atoms with E-state index >= 15 is 0 Å². The molecular weight excluding hydrogens is 436 g/mol. The highest BCUT2D eigenvalue weighted by Gasteiger charge is 2.56. The highest BCUT2D eigenvalue weighted by molar-refractivity contribution is 6.40. The zero-order valence-electron chi connectivity index (χ0n) is 19.5. The van der Waals surface area contributed by atoms with Crippen LogP contribution in [0.25, 0.3) is 21.9 Å². The second-order valence-corrected chi connectivity index (χ2v) is 10.1. The Kier molecular flexibility index (Phi) is 5.11. The van der Waals surface area contributed by atoms with Gasteiger partial charge in [-0.05, 0) is 55.9 Å². The van der Waals surface area contributed by atoms with Crippen molar-refractivity contribution < 1.29 is 19.1 Å². The van der Waals surface area contributed by atoms with E-state index < -0.39 is 11.8 Å². The summed E-state index contributed by atoms with van der Waals surface area (Å²) in [7, 11) is 3.40. The van der Waals surface area contributed by atoms with Crippen molar-refractivity contribution in [2.45, 2.75) is 43.7 Å². The number of pyridine rings is 1. The Morgan fingerprint density at radius 2 is 1.94 bits per heavy atom. The Balaban J connectivity index is 1.39. The number of H-pyrrole nitrogens is 1. The predicted molar refractivity (Wildman–Crippen MR) is 125 cm³/mol. The lowest BCUT2D eigenvalue weighted by Crippen LogP contribution is -2.55. The van der Waals surface area contributed by atoms with E-state index in [2.05, 4.69) is 30.4 Å². The van der Waals surface area contributed by atoms with Gasteiger partial charge in [-0.3, -0.25) is 19.4 Å². The van der Waals surface area contributed by atoms with Crippen LogP contribution in [-0.2, 0) is 19.1 Å². The fraction of sp³-hybridized carbons (Fsp3) is 0.583. The van der Waals surface area contributed by atoms with Gasteiger partial charge in [0.2, 0.25) is 0 Å². The Morgan fingerprint density at radius 1 is 1.15 bits per heavy atom. The monoisotopic (exact) mass is 466 g/mol. The van der Waals surface area contributed by atoms with E-state index in [1.54, 1.807) is 19.5 Å². The maximum Gasteiger partial charge on any atom is 0.314 e. The number of aromatic amines is 1. The van der Waals surface area contributed by atoms with E-state index in [1.807, 2.05) is 13.2 Å². The number of hydrogen-bond donors (Lipinski definition) is 3. The zero-order valence-corrected chi connectivity index (χ0v) is 19.5. The molecule has 34 heavy (non-hydrogen) atoms. The third kappa shape index (κ3) is 3.31. The fourth-order valence-electron chi connectivity index (χ4n) is 7.06. The van der Waals surface area contributed by atoms with Crippen molar-refractivity contribution >= 4 is 39.6 Å². The third-order valence-corrected chi connectivity index (χ3v) is 8.18. The van der Waals surface area contributed by atoms with Crippen molar-refractivity contribution in [1.29, 1.82) is 0 Å². The Bertz CT molecular complexity index is 1250. The summed E-state index contributed by atoms with van der Waals surface area (Å²) in [5.74, 6) is 0.748. The molecule has 4 aliphatic rings. The first-order valence-corrected chi connectivity index (χ1v) is 12.0. The van der Waals surface area contributed by atoms with Crippen LogP contribution >= 0.6 is 0 Å². The molecule has 4 bridgehead atoms. The molecule has 2 unspecified atom stereocenters. The molecule has 0 saturated heterocycles. The quantitative estimate of drug-likeness (QED) is 0.379. The molecule has 3 aromatic rings. The standard InChI is InChI=1S/C24H30N6O4/c1-33-6-5-26-22(31)23(32)28-21-17-12-27-20-16(3-4-25-20)19(17)30(29-21)18-14-7-13-8-15(18)11-24(9-13,10-14)34-2/h3-4,12-15,18,29H,5-11H2,1-2H3,(H,26,31)(H,28,32). The molecule has 3 heterocycles. The number of aromatic nitrogens is 4. The molecule has 3 aromatic heterocycles. The van der Waals surface area contributed by atoms with Crippen LogP contribution in [-0.4, -0.2) is 64.5 Å². The smallest absolute Gasteiger partial charge is 0.314 e. The van der Waals surface area contributed by atoms with E-state index in [9.17, 15) is 9.59 Å². The average molecular weight is 467 g/mol. The van der Waals surface area contributed by atoms with Crippen LogP contribution in [0.5, 0.6) is 0 Å². The molecule has 3 N–H and O–H groups in total. The van der Waals surface area contributed by atoms with E-state index in [0.717, 1.165) is 29.1 Å². The number of carbonyl (C=O) groups is 2. The lowest BCUT2D eigenvalue weighted by Gasteiger charge is -2.59. The van der Waals surface area contributed by atoms with Crippen LogP contribution in [0, 0.1) is 17.8 Å². The van der Waals surface area contributed by atoms with Crippen LogP contribution in [0.2, 0.25) is 0 Å². The van der Waals surface area contributed by atoms with Gasteiger partial charge in [-0.15, -0.1) is 0 Å². The second-order valence-electron chi connectivity index (χ2n) is 10.1. The molecule has 2 amide bonds. The number of nitrogens with zero attached hydrogens (tertiary/aromatic N) is 3. The molecule has 0 spiro atoms. The first kappa shape index (κ1) is 21.5. The molecule has 7 rings (SSSR count). The van der Waals surface area contributed by atoms with Crippen molar-refractivity contribution in [2.75, 3.05) is 32.7 Å². The fourth-order valence-corrected chi connectivity index (χ4v) is 7.06. The van der Waals surface area contributed by atoms with Crippen molar-refractivity contribution in [3.8, 4) is 0 Å². The van der Waals surface area contributed by atoms with E-state index in [4.69, 9.17) is 9.47 Å². The van der Waals surface area contributed by atoms with Gasteiger partial charge in [0.15, 0.2) is 5.65 Å². The minimum absolute atomic E-state index is 0.00599. The second kappa shape index (κ2) is 8.06. The zero-order chi connectivity index (χ0) is 23.4. The molecule has 10 nitrogen and oxygen atoms in total. The number of anilines is 1. The van der Waals surface area contributed by atoms with Crippen LogP contribution in [0.1, 0.15) is 38.1 Å². The number of hydrogen-bond acceptors (Lipinski definition) is 6. The van der Waals surface area contributed by atoms with E-state index in [-0.39, 0.29) is 18.2 Å². The number of amides is 2. The summed E-state index contributed by atoms with van der Waals surface area (Å²) in [5, 5.41) is 10.5. The molecule has 0 aliphatic heterocycles. The largest absolute Gasteiger partial charge is 0.383 e. The average Bonchev–Trinajstić information content (AvgIpc) is 3.43. The minimum atomic E-state index is -0.726. The van der Waals surface area contributed by atoms with Crippen molar-refractivity contribution in [3.63, 3.8) is 0 Å². The van der Waals surface area contributed by atoms with Gasteiger partial charge in [-0.2, -0.15) is 0 Å². The molecule has 10 heteroatoms. The van der Waals surface area contributed by atoms with E-state index in [0.29, 0.717) is 35.8 Å². The summed E-state index contributed by atoms with van der Waals surface area (Å²) in [6, 6.07) is 2.23. The van der Waals surface area contributed by atoms with Gasteiger partial charge in [0, 0.05) is 38.5 Å². The lowest BCUT2D eigenvalue weighted by molar-refractivity contribution is -0.165. The van der Waals surface area contributed by atoms with Gasteiger partial charge in [0.25, 0.3) is 0 Å². The number of methoxy groups -OCH3 is 2. The maximum absolute atomic E-state index is 12.6. The van der Waals surface area contributed by atoms with Gasteiger partial charge in [0.1, 0.15) is 5.82 Å². The third-order valence-electron chi connectivity index (χ3n) is 8.18. The predicted octanol–water partition coefficient (Wildman–Crippen LogP) is 2.38. The Hall–Kier alpha value is -2.98. The summed E-state index contributed by atoms with van der Waals surface area (Å²) in [4.78, 5) is 33.8. The summed E-state index contributed by atoms with van der Waals surface area (Å²) in [6.07, 6.45) is 9.13. The first-order chi connectivity index (χ1) is 16.5. The summed E-state index contributed by atoms with van der Waals surface area (Å²) >= 11 is 0. The molecule has 0 radical (unpaired) electrons. The van der Waals surface area contributed by atoms with Gasteiger partial charge in [0.05, 0.1) is 29.2 Å². The normalized spacial score (nSPS) is 29.7. The maximum atomic E-state index is 12.6. The van der Waals surface area contributed by atoms with Crippen molar-refractivity contribution in [2.24, 2.45) is 17.8 Å². The summed E-state index contributed by atoms with van der Waals surface area (Å²) < 4.78 is 13.2. The molecule has 4 saturated carbocycles. The van der Waals surface area contributed by atoms with Crippen LogP contribution in [0.4, 0.5) is 5.82 Å². The van der Waals surface area contributed by atoms with Crippen molar-refractivity contribution in [1.82, 2.24) is 25.1 Å². The Labute approximate surface area is 196 Å². The van der Waals surface area contributed by atoms with Gasteiger partial charge < -0.3 is 20.1 Å². The molecule has 2 atom stereocenters. The number of ether oxygens (including phenoxy) is 2. The van der Waals surface area contributed by atoms with Gasteiger partial charge >= 0.3 is 11.8 Å². The van der Waals surface area contributed by atoms with Gasteiger partial charge in [-0.1, -0.05) is 0 Å². The van der Waals surface area contributed by atoms with E-state index in [1.165, 1.54) is 19.3 Å². The number of nitrogens with one attached hydrogen (secondary N) is 3.